The van der Waals surface area contributed by atoms with E-state index in [1.54, 1.807) is 0 Å². The van der Waals surface area contributed by atoms with Crippen LogP contribution in [-0.2, 0) is 32.1 Å². The number of aliphatic hydroxyl groups excluding tert-OH is 1. The maximum Gasteiger partial charge on any atom is 0.224 e. The maximum absolute atomic E-state index is 12.6. The average Bonchev–Trinajstić information content (AvgIpc) is 3.03. The highest BCUT2D eigenvalue weighted by atomic mass is 16.7. The minimum atomic E-state index is -0.617. The van der Waals surface area contributed by atoms with Gasteiger partial charge in [-0.25, -0.2) is 0 Å². The standard InChI is InChI=1S/C35H46N4O5/c1-25-32(23-39(3)21-18-30-11-6-8-20-37-30)43-35(44-34(25)28-16-14-27(24-40)15-17-28)29-10-9-12-31(22-29)38-33(42)13-5-4-7-19-36-26(2)41/h6,8-12,14-17,20,22,25,32,34-35,40H,4-5,7,13,18-19,21,23-24H2,1-3H3,(H,36,41)(H,38,42). The van der Waals surface area contributed by atoms with Gasteiger partial charge in [-0.2, -0.15) is 0 Å². The molecule has 236 valence electrons. The van der Waals surface area contributed by atoms with Gasteiger partial charge in [-0.05, 0) is 55.3 Å². The summed E-state index contributed by atoms with van der Waals surface area (Å²) in [6.45, 7) is 5.85. The van der Waals surface area contributed by atoms with Crippen LogP contribution in [0.5, 0.6) is 0 Å². The van der Waals surface area contributed by atoms with E-state index in [0.717, 1.165) is 61.2 Å². The fraction of sp³-hybridized carbons (Fsp3) is 0.457. The topological polar surface area (TPSA) is 113 Å². The Morgan fingerprint density at radius 3 is 2.52 bits per heavy atom. The number of unbranched alkanes of at least 4 members (excludes halogenated alkanes) is 2. The molecule has 0 spiro atoms. The van der Waals surface area contributed by atoms with Crippen molar-refractivity contribution in [3.63, 3.8) is 0 Å². The van der Waals surface area contributed by atoms with Crippen molar-refractivity contribution in [2.45, 2.75) is 71.1 Å². The van der Waals surface area contributed by atoms with E-state index in [-0.39, 0.29) is 36.5 Å². The predicted molar refractivity (Wildman–Crippen MR) is 171 cm³/mol. The number of pyridine rings is 1. The van der Waals surface area contributed by atoms with Crippen molar-refractivity contribution < 1.29 is 24.2 Å². The summed E-state index contributed by atoms with van der Waals surface area (Å²) in [6.07, 6.45) is 4.61. The van der Waals surface area contributed by atoms with Crippen LogP contribution in [0.3, 0.4) is 0 Å². The zero-order chi connectivity index (χ0) is 31.3. The van der Waals surface area contributed by atoms with Crippen molar-refractivity contribution in [1.82, 2.24) is 15.2 Å². The number of rotatable bonds is 15. The number of aromatic nitrogens is 1. The highest BCUT2D eigenvalue weighted by molar-refractivity contribution is 5.90. The number of benzene rings is 2. The molecule has 2 amide bonds. The third kappa shape index (κ3) is 10.2. The van der Waals surface area contributed by atoms with Gasteiger partial charge in [0.2, 0.25) is 11.8 Å². The predicted octanol–water partition coefficient (Wildman–Crippen LogP) is 5.17. The quantitative estimate of drug-likeness (QED) is 0.206. The Morgan fingerprint density at radius 1 is 0.977 bits per heavy atom. The number of amides is 2. The summed E-state index contributed by atoms with van der Waals surface area (Å²) in [5, 5.41) is 15.3. The van der Waals surface area contributed by atoms with Crippen LogP contribution < -0.4 is 10.6 Å². The van der Waals surface area contributed by atoms with Crippen LogP contribution in [0.15, 0.2) is 72.9 Å². The first-order valence-electron chi connectivity index (χ1n) is 15.6. The minimum Gasteiger partial charge on any atom is -0.392 e. The summed E-state index contributed by atoms with van der Waals surface area (Å²) in [5.41, 5.74) is 4.48. The van der Waals surface area contributed by atoms with Crippen LogP contribution in [0.1, 0.15) is 74.3 Å². The lowest BCUT2D eigenvalue weighted by Gasteiger charge is -2.42. The van der Waals surface area contributed by atoms with Gasteiger partial charge in [-0.15, -0.1) is 0 Å². The smallest absolute Gasteiger partial charge is 0.224 e. The molecular weight excluding hydrogens is 556 g/mol. The molecule has 0 radical (unpaired) electrons. The number of anilines is 1. The summed E-state index contributed by atoms with van der Waals surface area (Å²) in [4.78, 5) is 30.4. The molecule has 1 aromatic heterocycles. The summed E-state index contributed by atoms with van der Waals surface area (Å²) < 4.78 is 13.2. The highest BCUT2D eigenvalue weighted by Crippen LogP contribution is 2.42. The lowest BCUT2D eigenvalue weighted by atomic mass is 9.90. The molecular formula is C35H46N4O5. The number of carbonyl (C=O) groups is 2. The first kappa shape index (κ1) is 33.3. The van der Waals surface area contributed by atoms with E-state index in [4.69, 9.17) is 9.47 Å². The molecule has 4 rings (SSSR count). The molecule has 2 heterocycles. The second-order valence-electron chi connectivity index (χ2n) is 11.6. The van der Waals surface area contributed by atoms with E-state index < -0.39 is 6.29 Å². The molecule has 9 heteroatoms. The van der Waals surface area contributed by atoms with Crippen molar-refractivity contribution in [2.24, 2.45) is 5.92 Å². The van der Waals surface area contributed by atoms with Crippen LogP contribution in [0.2, 0.25) is 0 Å². The number of nitrogens with one attached hydrogen (secondary N) is 2. The van der Waals surface area contributed by atoms with Gasteiger partial charge >= 0.3 is 0 Å². The molecule has 1 aliphatic rings. The Kier molecular flexibility index (Phi) is 12.9. The lowest BCUT2D eigenvalue weighted by Crippen LogP contribution is -2.44. The molecule has 2 aromatic carbocycles. The van der Waals surface area contributed by atoms with Crippen molar-refractivity contribution in [3.8, 4) is 0 Å². The largest absolute Gasteiger partial charge is 0.392 e. The number of aliphatic hydroxyl groups is 1. The second-order valence-corrected chi connectivity index (χ2v) is 11.6. The van der Waals surface area contributed by atoms with Gasteiger partial charge in [0, 0.05) is 68.5 Å². The molecule has 44 heavy (non-hydrogen) atoms. The maximum atomic E-state index is 12.6. The number of nitrogens with zero attached hydrogens (tertiary/aromatic N) is 2. The number of carbonyl (C=O) groups excluding carboxylic acids is 2. The van der Waals surface area contributed by atoms with Gasteiger partial charge in [0.05, 0.1) is 18.8 Å². The summed E-state index contributed by atoms with van der Waals surface area (Å²) in [6, 6.07) is 21.5. The number of ether oxygens (including phenoxy) is 2. The van der Waals surface area contributed by atoms with E-state index in [9.17, 15) is 14.7 Å². The first-order valence-corrected chi connectivity index (χ1v) is 15.6. The highest BCUT2D eigenvalue weighted by Gasteiger charge is 2.38. The van der Waals surface area contributed by atoms with Crippen LogP contribution in [0.25, 0.3) is 0 Å². The van der Waals surface area contributed by atoms with Gasteiger partial charge in [-0.1, -0.05) is 55.8 Å². The van der Waals surface area contributed by atoms with Crippen LogP contribution in [-0.4, -0.2) is 59.6 Å². The van der Waals surface area contributed by atoms with Crippen LogP contribution >= 0.6 is 0 Å². The molecule has 3 aromatic rings. The van der Waals surface area contributed by atoms with E-state index >= 15 is 0 Å². The van der Waals surface area contributed by atoms with E-state index in [1.807, 2.05) is 72.9 Å². The minimum absolute atomic E-state index is 0.00757. The Balaban J connectivity index is 1.42. The number of likely N-dealkylation sites (N-methyl/N-ethyl adjacent to an activating group) is 1. The van der Waals surface area contributed by atoms with Crippen LogP contribution in [0.4, 0.5) is 5.69 Å². The molecule has 9 nitrogen and oxygen atoms in total. The molecule has 3 N–H and O–H groups in total. The van der Waals surface area contributed by atoms with Gasteiger partial charge < -0.3 is 30.1 Å². The van der Waals surface area contributed by atoms with Crippen molar-refractivity contribution >= 4 is 17.5 Å². The summed E-state index contributed by atoms with van der Waals surface area (Å²) in [5.74, 6) is -0.0139. The fourth-order valence-corrected chi connectivity index (χ4v) is 5.42. The molecule has 1 saturated heterocycles. The monoisotopic (exact) mass is 602 g/mol. The Hall–Kier alpha value is -3.63. The van der Waals surface area contributed by atoms with Gasteiger partial charge in [0.15, 0.2) is 6.29 Å². The Bertz CT molecular complexity index is 1320. The normalized spacial score (nSPS) is 19.9. The molecule has 1 aliphatic heterocycles. The zero-order valence-electron chi connectivity index (χ0n) is 26.1. The van der Waals surface area contributed by atoms with E-state index in [0.29, 0.717) is 18.7 Å². The second kappa shape index (κ2) is 17.0. The fourth-order valence-electron chi connectivity index (χ4n) is 5.42. The SMILES string of the molecule is CC(=O)NCCCCCC(=O)Nc1cccc(C2OC(CN(C)CCc3ccccn3)C(C)C(c3ccc(CO)cc3)O2)c1. The van der Waals surface area contributed by atoms with E-state index in [1.165, 1.54) is 6.92 Å². The molecule has 0 bridgehead atoms. The van der Waals surface area contributed by atoms with Gasteiger partial charge in [0.1, 0.15) is 0 Å². The Morgan fingerprint density at radius 2 is 1.80 bits per heavy atom. The van der Waals surface area contributed by atoms with Crippen LogP contribution in [0, 0.1) is 5.92 Å². The van der Waals surface area contributed by atoms with Crippen molar-refractivity contribution in [1.29, 1.82) is 0 Å². The van der Waals surface area contributed by atoms with Crippen molar-refractivity contribution in [3.05, 3.63) is 95.3 Å². The molecule has 1 fully saturated rings. The molecule has 4 unspecified atom stereocenters. The third-order valence-corrected chi connectivity index (χ3v) is 7.99. The van der Waals surface area contributed by atoms with Gasteiger partial charge in [-0.3, -0.25) is 14.6 Å². The first-order chi connectivity index (χ1) is 21.3. The Labute approximate surface area is 261 Å². The molecule has 0 saturated carbocycles. The average molecular weight is 603 g/mol. The number of hydrogen-bond acceptors (Lipinski definition) is 7. The molecule has 0 aliphatic carbocycles. The third-order valence-electron chi connectivity index (χ3n) is 7.99. The van der Waals surface area contributed by atoms with Crippen molar-refractivity contribution in [2.75, 3.05) is 32.0 Å². The zero-order valence-corrected chi connectivity index (χ0v) is 26.1. The number of hydrogen-bond donors (Lipinski definition) is 3. The summed E-state index contributed by atoms with van der Waals surface area (Å²) in [7, 11) is 2.10. The molecule has 4 atom stereocenters. The lowest BCUT2D eigenvalue weighted by molar-refractivity contribution is -0.275. The van der Waals surface area contributed by atoms with Gasteiger partial charge in [0.25, 0.3) is 0 Å². The summed E-state index contributed by atoms with van der Waals surface area (Å²) >= 11 is 0. The van der Waals surface area contributed by atoms with E-state index in [2.05, 4.69) is 34.5 Å².